The second-order valence-corrected chi connectivity index (χ2v) is 4.56. The van der Waals surface area contributed by atoms with Gasteiger partial charge in [-0.05, 0) is 11.6 Å². The number of pyridine rings is 1. The largest absolute Gasteiger partial charge is 0.486 e. The van der Waals surface area contributed by atoms with Crippen molar-refractivity contribution in [1.82, 2.24) is 4.98 Å². The molecule has 6 nitrogen and oxygen atoms in total. The normalized spacial score (nSPS) is 13.4. The van der Waals surface area contributed by atoms with Gasteiger partial charge in [0.25, 0.3) is 5.56 Å². The molecular formula is C13H10ClNO5. The monoisotopic (exact) mass is 295 g/mol. The standard InChI is InChI=1S/C13H10ClNO5/c14-5-7-6-3-9-10(20-2-1-19-9)4-8(6)15-12(16)11(7)13(17)18/h3-4H,1-2,5H2,(H,15,16)(H,17,18). The van der Waals surface area contributed by atoms with Crippen LogP contribution in [0.2, 0.25) is 0 Å². The van der Waals surface area contributed by atoms with Gasteiger partial charge in [-0.3, -0.25) is 4.79 Å². The van der Waals surface area contributed by atoms with Gasteiger partial charge in [-0.15, -0.1) is 11.6 Å². The number of benzene rings is 1. The van der Waals surface area contributed by atoms with Gasteiger partial charge in [-0.2, -0.15) is 0 Å². The quantitative estimate of drug-likeness (QED) is 0.824. The molecule has 0 radical (unpaired) electrons. The lowest BCUT2D eigenvalue weighted by Crippen LogP contribution is -2.21. The van der Waals surface area contributed by atoms with Crippen molar-refractivity contribution in [2.45, 2.75) is 5.88 Å². The fourth-order valence-electron chi connectivity index (χ4n) is 2.26. The molecule has 0 amide bonds. The number of aromatic carboxylic acids is 1. The third-order valence-corrected chi connectivity index (χ3v) is 3.40. The average Bonchev–Trinajstić information content (AvgIpc) is 2.43. The first-order chi connectivity index (χ1) is 9.61. The number of hydrogen-bond donors (Lipinski definition) is 2. The number of fused-ring (bicyclic) bond motifs is 2. The molecule has 2 N–H and O–H groups in total. The molecule has 0 fully saturated rings. The maximum Gasteiger partial charge on any atom is 0.341 e. The molecule has 2 heterocycles. The van der Waals surface area contributed by atoms with E-state index >= 15 is 0 Å². The molecule has 104 valence electrons. The highest BCUT2D eigenvalue weighted by Gasteiger charge is 2.21. The molecule has 0 saturated heterocycles. The predicted octanol–water partition coefficient (Wildman–Crippen LogP) is 1.74. The van der Waals surface area contributed by atoms with Crippen LogP contribution in [-0.2, 0) is 5.88 Å². The Morgan fingerprint density at radius 3 is 2.55 bits per heavy atom. The Kier molecular flexibility index (Phi) is 3.02. The summed E-state index contributed by atoms with van der Waals surface area (Å²) in [5, 5.41) is 9.68. The van der Waals surface area contributed by atoms with E-state index in [1.165, 1.54) is 0 Å². The second-order valence-electron chi connectivity index (χ2n) is 4.29. The van der Waals surface area contributed by atoms with E-state index in [1.807, 2.05) is 0 Å². The van der Waals surface area contributed by atoms with Crippen molar-refractivity contribution in [1.29, 1.82) is 0 Å². The molecular weight excluding hydrogens is 286 g/mol. The van der Waals surface area contributed by atoms with E-state index in [9.17, 15) is 9.59 Å². The van der Waals surface area contributed by atoms with Crippen LogP contribution >= 0.6 is 11.6 Å². The molecule has 0 saturated carbocycles. The lowest BCUT2D eigenvalue weighted by molar-refractivity contribution is 0.0694. The molecule has 0 bridgehead atoms. The van der Waals surface area contributed by atoms with Gasteiger partial charge in [-0.25, -0.2) is 4.79 Å². The highest BCUT2D eigenvalue weighted by Crippen LogP contribution is 2.35. The summed E-state index contributed by atoms with van der Waals surface area (Å²) < 4.78 is 10.9. The minimum Gasteiger partial charge on any atom is -0.486 e. The fraction of sp³-hybridized carbons (Fsp3) is 0.231. The highest BCUT2D eigenvalue weighted by molar-refractivity contribution is 6.19. The van der Waals surface area contributed by atoms with Gasteiger partial charge >= 0.3 is 5.97 Å². The molecule has 20 heavy (non-hydrogen) atoms. The van der Waals surface area contributed by atoms with E-state index in [0.717, 1.165) is 0 Å². The molecule has 0 unspecified atom stereocenters. The summed E-state index contributed by atoms with van der Waals surface area (Å²) in [5.74, 6) is -0.359. The first-order valence-corrected chi connectivity index (χ1v) is 6.43. The molecule has 0 spiro atoms. The summed E-state index contributed by atoms with van der Waals surface area (Å²) >= 11 is 5.82. The Morgan fingerprint density at radius 2 is 1.95 bits per heavy atom. The zero-order valence-electron chi connectivity index (χ0n) is 10.2. The van der Waals surface area contributed by atoms with Crippen LogP contribution in [0.25, 0.3) is 10.9 Å². The van der Waals surface area contributed by atoms with Crippen LogP contribution < -0.4 is 15.0 Å². The smallest absolute Gasteiger partial charge is 0.341 e. The van der Waals surface area contributed by atoms with E-state index < -0.39 is 11.5 Å². The van der Waals surface area contributed by atoms with Crippen LogP contribution in [0.1, 0.15) is 15.9 Å². The molecule has 1 aliphatic heterocycles. The van der Waals surface area contributed by atoms with Gasteiger partial charge in [0.1, 0.15) is 18.8 Å². The van der Waals surface area contributed by atoms with E-state index in [1.54, 1.807) is 12.1 Å². The summed E-state index contributed by atoms with van der Waals surface area (Å²) in [6, 6.07) is 3.26. The number of halogens is 1. The zero-order valence-corrected chi connectivity index (χ0v) is 11.0. The first kappa shape index (κ1) is 12.8. The summed E-state index contributed by atoms with van der Waals surface area (Å²) in [6.45, 7) is 0.849. The number of aromatic nitrogens is 1. The molecule has 2 aromatic rings. The summed E-state index contributed by atoms with van der Waals surface area (Å²) in [7, 11) is 0. The van der Waals surface area contributed by atoms with Crippen molar-refractivity contribution >= 4 is 28.5 Å². The van der Waals surface area contributed by atoms with Crippen molar-refractivity contribution in [2.24, 2.45) is 0 Å². The van der Waals surface area contributed by atoms with E-state index in [2.05, 4.69) is 4.98 Å². The third kappa shape index (κ3) is 1.89. The van der Waals surface area contributed by atoms with Crippen LogP contribution in [-0.4, -0.2) is 29.3 Å². The van der Waals surface area contributed by atoms with Crippen molar-refractivity contribution in [3.8, 4) is 11.5 Å². The van der Waals surface area contributed by atoms with Crippen LogP contribution in [0.15, 0.2) is 16.9 Å². The Labute approximate surface area is 117 Å². The van der Waals surface area contributed by atoms with Crippen molar-refractivity contribution in [3.63, 3.8) is 0 Å². The summed E-state index contributed by atoms with van der Waals surface area (Å²) in [4.78, 5) is 25.6. The Morgan fingerprint density at radius 1 is 1.30 bits per heavy atom. The minimum absolute atomic E-state index is 0.0816. The topological polar surface area (TPSA) is 88.6 Å². The average molecular weight is 296 g/mol. The molecule has 1 aromatic heterocycles. The number of ether oxygens (including phenoxy) is 2. The highest BCUT2D eigenvalue weighted by atomic mass is 35.5. The molecule has 0 aliphatic carbocycles. The van der Waals surface area contributed by atoms with Gasteiger partial charge in [-0.1, -0.05) is 0 Å². The Balaban J connectivity index is 2.38. The summed E-state index contributed by atoms with van der Waals surface area (Å²) in [6.07, 6.45) is 0. The number of carboxylic acid groups (broad SMARTS) is 1. The number of alkyl halides is 1. The third-order valence-electron chi connectivity index (χ3n) is 3.13. The van der Waals surface area contributed by atoms with E-state index in [4.69, 9.17) is 26.2 Å². The van der Waals surface area contributed by atoms with E-state index in [0.29, 0.717) is 35.6 Å². The summed E-state index contributed by atoms with van der Waals surface area (Å²) in [5.41, 5.74) is -0.281. The van der Waals surface area contributed by atoms with Crippen molar-refractivity contribution in [2.75, 3.05) is 13.2 Å². The SMILES string of the molecule is O=C(O)c1c(CCl)c2cc3c(cc2[nH]c1=O)OCCO3. The van der Waals surface area contributed by atoms with Crippen LogP contribution in [0.3, 0.4) is 0 Å². The van der Waals surface area contributed by atoms with Gasteiger partial charge in [0.05, 0.1) is 5.52 Å². The lowest BCUT2D eigenvalue weighted by Gasteiger charge is -2.19. The maximum atomic E-state index is 11.9. The second kappa shape index (κ2) is 4.72. The molecule has 7 heteroatoms. The van der Waals surface area contributed by atoms with Gasteiger partial charge < -0.3 is 19.6 Å². The van der Waals surface area contributed by atoms with E-state index in [-0.39, 0.29) is 17.0 Å². The number of nitrogens with one attached hydrogen (secondary N) is 1. The van der Waals surface area contributed by atoms with Crippen molar-refractivity contribution in [3.05, 3.63) is 33.6 Å². The first-order valence-electron chi connectivity index (χ1n) is 5.89. The maximum absolute atomic E-state index is 11.9. The Hall–Kier alpha value is -2.21. The number of H-pyrrole nitrogens is 1. The van der Waals surface area contributed by atoms with Crippen LogP contribution in [0.4, 0.5) is 0 Å². The zero-order chi connectivity index (χ0) is 14.3. The fourth-order valence-corrected chi connectivity index (χ4v) is 2.54. The number of carboxylic acids is 1. The molecule has 1 aromatic carbocycles. The van der Waals surface area contributed by atoms with Crippen LogP contribution in [0.5, 0.6) is 11.5 Å². The number of aromatic amines is 1. The lowest BCUT2D eigenvalue weighted by atomic mass is 10.0. The minimum atomic E-state index is -1.31. The van der Waals surface area contributed by atoms with Crippen LogP contribution in [0, 0.1) is 0 Å². The molecule has 1 aliphatic rings. The predicted molar refractivity (Wildman–Crippen MR) is 72.1 cm³/mol. The van der Waals surface area contributed by atoms with Crippen molar-refractivity contribution < 1.29 is 19.4 Å². The van der Waals surface area contributed by atoms with Gasteiger partial charge in [0.2, 0.25) is 0 Å². The van der Waals surface area contributed by atoms with Gasteiger partial charge in [0, 0.05) is 17.3 Å². The molecule has 3 rings (SSSR count). The Bertz CT molecular complexity index is 767. The molecule has 0 atom stereocenters. The number of rotatable bonds is 2. The van der Waals surface area contributed by atoms with Gasteiger partial charge in [0.15, 0.2) is 11.5 Å². The number of carbonyl (C=O) groups is 1. The number of hydrogen-bond acceptors (Lipinski definition) is 4.